The Bertz CT molecular complexity index is 839. The molecule has 1 aromatic heterocycles. The number of aryl methyl sites for hydroxylation is 1. The minimum atomic E-state index is 0.0255. The number of likely N-dealkylation sites (tertiary alicyclic amines) is 1. The highest BCUT2D eigenvalue weighted by Gasteiger charge is 2.55. The molecular weight excluding hydrogens is 384 g/mol. The van der Waals surface area contributed by atoms with Gasteiger partial charge < -0.3 is 14.4 Å². The number of carbonyl (C=O) groups excluding carboxylic acids is 1. The van der Waals surface area contributed by atoms with Gasteiger partial charge in [0.25, 0.3) is 5.91 Å². The molecule has 6 heteroatoms. The number of fused-ring (bicyclic) bond motifs is 1. The molecule has 0 N–H and O–H groups in total. The Kier molecular flexibility index (Phi) is 6.26. The number of halogens is 1. The summed E-state index contributed by atoms with van der Waals surface area (Å²) in [6.07, 6.45) is 5.90. The summed E-state index contributed by atoms with van der Waals surface area (Å²) >= 11 is 6.18. The first-order chi connectivity index (χ1) is 14.1. The third kappa shape index (κ3) is 4.67. The summed E-state index contributed by atoms with van der Waals surface area (Å²) in [6.45, 7) is 10.2. The number of carbonyl (C=O) groups is 1. The minimum absolute atomic E-state index is 0.0255. The van der Waals surface area contributed by atoms with Gasteiger partial charge in [0.05, 0.1) is 6.33 Å². The summed E-state index contributed by atoms with van der Waals surface area (Å²) in [5.74, 6) is 2.12. The number of hydrogen-bond acceptors (Lipinski definition) is 3. The van der Waals surface area contributed by atoms with Crippen LogP contribution in [0.2, 0.25) is 5.02 Å². The van der Waals surface area contributed by atoms with E-state index in [4.69, 9.17) is 11.6 Å². The molecule has 2 aliphatic rings. The maximum atomic E-state index is 13.3. The van der Waals surface area contributed by atoms with Crippen LogP contribution in [-0.2, 0) is 13.1 Å². The summed E-state index contributed by atoms with van der Waals surface area (Å²) in [5, 5.41) is 0.709. The number of amides is 1. The van der Waals surface area contributed by atoms with E-state index in [9.17, 15) is 4.79 Å². The van der Waals surface area contributed by atoms with Crippen molar-refractivity contribution in [2.24, 2.45) is 17.8 Å². The summed E-state index contributed by atoms with van der Waals surface area (Å²) < 4.78 is 2.03. The molecule has 4 rings (SSSR count). The molecule has 2 atom stereocenters. The van der Waals surface area contributed by atoms with Gasteiger partial charge >= 0.3 is 0 Å². The molecule has 1 saturated carbocycles. The van der Waals surface area contributed by atoms with Gasteiger partial charge in [-0.05, 0) is 48.4 Å². The van der Waals surface area contributed by atoms with Gasteiger partial charge in [-0.1, -0.05) is 44.0 Å². The first kappa shape index (κ1) is 20.4. The van der Waals surface area contributed by atoms with Crippen LogP contribution in [0.25, 0.3) is 0 Å². The average Bonchev–Trinajstić information content (AvgIpc) is 3.10. The highest BCUT2D eigenvalue weighted by atomic mass is 35.5. The van der Waals surface area contributed by atoms with E-state index in [1.54, 1.807) is 6.33 Å². The fraction of sp³-hybridized carbons (Fsp3) is 0.565. The molecule has 1 amide bonds. The normalized spacial score (nSPS) is 23.2. The predicted octanol–water partition coefficient (Wildman–Crippen LogP) is 4.18. The van der Waals surface area contributed by atoms with E-state index in [1.807, 2.05) is 39.9 Å². The van der Waals surface area contributed by atoms with Gasteiger partial charge in [0.15, 0.2) is 0 Å². The van der Waals surface area contributed by atoms with Gasteiger partial charge in [-0.25, -0.2) is 4.98 Å². The van der Waals surface area contributed by atoms with Crippen molar-refractivity contribution in [1.82, 2.24) is 19.4 Å². The summed E-state index contributed by atoms with van der Waals surface area (Å²) in [7, 11) is 0. The number of hydrogen-bond donors (Lipinski definition) is 0. The van der Waals surface area contributed by atoms with Gasteiger partial charge in [0.1, 0.15) is 5.69 Å². The van der Waals surface area contributed by atoms with E-state index in [0.29, 0.717) is 23.2 Å². The lowest BCUT2D eigenvalue weighted by Gasteiger charge is -2.24. The van der Waals surface area contributed by atoms with Crippen molar-refractivity contribution in [2.75, 3.05) is 26.2 Å². The Labute approximate surface area is 178 Å². The third-order valence-corrected chi connectivity index (χ3v) is 6.73. The van der Waals surface area contributed by atoms with E-state index in [1.165, 1.54) is 13.1 Å². The van der Waals surface area contributed by atoms with Gasteiger partial charge in [-0.15, -0.1) is 0 Å². The fourth-order valence-corrected chi connectivity index (χ4v) is 4.90. The zero-order chi connectivity index (χ0) is 20.4. The number of piperidine rings is 1. The van der Waals surface area contributed by atoms with Gasteiger partial charge in [0.2, 0.25) is 0 Å². The summed E-state index contributed by atoms with van der Waals surface area (Å²) in [4.78, 5) is 22.2. The SMILES string of the molecule is CCCCn1cnc(C(=O)N(Cc2cccc(Cl)c2)CC2C3CN(CC)CC32)c1. The van der Waals surface area contributed by atoms with Gasteiger partial charge in [-0.3, -0.25) is 4.79 Å². The van der Waals surface area contributed by atoms with Crippen LogP contribution in [0.3, 0.4) is 0 Å². The number of rotatable bonds is 9. The monoisotopic (exact) mass is 414 g/mol. The lowest BCUT2D eigenvalue weighted by atomic mass is 10.1. The molecule has 0 bridgehead atoms. The summed E-state index contributed by atoms with van der Waals surface area (Å²) in [6, 6.07) is 7.81. The van der Waals surface area contributed by atoms with Gasteiger partial charge in [0, 0.05) is 43.9 Å². The summed E-state index contributed by atoms with van der Waals surface area (Å²) in [5.41, 5.74) is 1.61. The van der Waals surface area contributed by atoms with E-state index >= 15 is 0 Å². The van der Waals surface area contributed by atoms with E-state index in [2.05, 4.69) is 23.7 Å². The number of imidazole rings is 1. The second kappa shape index (κ2) is 8.88. The highest BCUT2D eigenvalue weighted by Crippen LogP contribution is 2.52. The number of nitrogens with zero attached hydrogens (tertiary/aromatic N) is 4. The molecule has 0 radical (unpaired) electrons. The van der Waals surface area contributed by atoms with Crippen molar-refractivity contribution in [3.05, 3.63) is 53.1 Å². The van der Waals surface area contributed by atoms with Crippen molar-refractivity contribution in [3.8, 4) is 0 Å². The highest BCUT2D eigenvalue weighted by molar-refractivity contribution is 6.30. The van der Waals surface area contributed by atoms with Crippen molar-refractivity contribution in [2.45, 2.75) is 39.8 Å². The van der Waals surface area contributed by atoms with Crippen molar-refractivity contribution in [3.63, 3.8) is 0 Å². The topological polar surface area (TPSA) is 41.4 Å². The Hall–Kier alpha value is -1.85. The molecule has 2 fully saturated rings. The minimum Gasteiger partial charge on any atom is -0.337 e. The van der Waals surface area contributed by atoms with Gasteiger partial charge in [-0.2, -0.15) is 0 Å². The number of aromatic nitrogens is 2. The molecule has 1 aliphatic carbocycles. The standard InChI is InChI=1S/C23H31ClN4O/c1-3-5-9-27-15-22(25-16-27)23(29)28(11-17-7-6-8-18(24)10-17)14-21-19-12-26(4-2)13-20(19)21/h6-8,10,15-16,19-21H,3-5,9,11-14H2,1-2H3. The van der Waals surface area contributed by atoms with Crippen LogP contribution in [0.1, 0.15) is 42.7 Å². The smallest absolute Gasteiger partial charge is 0.274 e. The first-order valence-electron chi connectivity index (χ1n) is 10.9. The lowest BCUT2D eigenvalue weighted by molar-refractivity contribution is 0.0719. The number of unbranched alkanes of at least 4 members (excludes halogenated alkanes) is 1. The molecule has 1 aromatic carbocycles. The molecule has 1 saturated heterocycles. The zero-order valence-corrected chi connectivity index (χ0v) is 18.2. The third-order valence-electron chi connectivity index (χ3n) is 6.50. The molecule has 0 spiro atoms. The molecule has 1 aliphatic heterocycles. The van der Waals surface area contributed by atoms with Crippen LogP contribution in [0, 0.1) is 17.8 Å². The molecule has 5 nitrogen and oxygen atoms in total. The van der Waals surface area contributed by atoms with E-state index in [0.717, 1.165) is 49.9 Å². The molecular formula is C23H31ClN4O. The second-order valence-electron chi connectivity index (χ2n) is 8.51. The maximum Gasteiger partial charge on any atom is 0.274 e. The molecule has 2 aromatic rings. The lowest BCUT2D eigenvalue weighted by Crippen LogP contribution is -2.35. The van der Waals surface area contributed by atoms with E-state index < -0.39 is 0 Å². The van der Waals surface area contributed by atoms with Crippen molar-refractivity contribution < 1.29 is 4.79 Å². The molecule has 156 valence electrons. The van der Waals surface area contributed by atoms with Crippen LogP contribution in [0.4, 0.5) is 0 Å². The molecule has 2 heterocycles. The number of benzene rings is 1. The maximum absolute atomic E-state index is 13.3. The average molecular weight is 415 g/mol. The van der Waals surface area contributed by atoms with Crippen LogP contribution >= 0.6 is 11.6 Å². The molecule has 29 heavy (non-hydrogen) atoms. The Balaban J connectivity index is 1.47. The Morgan fingerprint density at radius 3 is 2.76 bits per heavy atom. The van der Waals surface area contributed by atoms with E-state index in [-0.39, 0.29) is 5.91 Å². The zero-order valence-electron chi connectivity index (χ0n) is 17.4. The Morgan fingerprint density at radius 1 is 1.28 bits per heavy atom. The van der Waals surface area contributed by atoms with Crippen LogP contribution < -0.4 is 0 Å². The Morgan fingerprint density at radius 2 is 2.07 bits per heavy atom. The largest absolute Gasteiger partial charge is 0.337 e. The van der Waals surface area contributed by atoms with Crippen LogP contribution in [0.5, 0.6) is 0 Å². The predicted molar refractivity (Wildman–Crippen MR) is 116 cm³/mol. The van der Waals surface area contributed by atoms with Crippen molar-refractivity contribution >= 4 is 17.5 Å². The fourth-order valence-electron chi connectivity index (χ4n) is 4.69. The first-order valence-corrected chi connectivity index (χ1v) is 11.2. The molecule has 2 unspecified atom stereocenters. The van der Waals surface area contributed by atoms with Crippen LogP contribution in [-0.4, -0.2) is 51.4 Å². The second-order valence-corrected chi connectivity index (χ2v) is 8.95. The quantitative estimate of drug-likeness (QED) is 0.618. The van der Waals surface area contributed by atoms with Crippen LogP contribution in [0.15, 0.2) is 36.8 Å². The van der Waals surface area contributed by atoms with Crippen molar-refractivity contribution in [1.29, 1.82) is 0 Å².